The van der Waals surface area contributed by atoms with Gasteiger partial charge in [0.15, 0.2) is 0 Å². The smallest absolute Gasteiger partial charge is 0.0622 e. The average Bonchev–Trinajstić information content (AvgIpc) is 3.30. The Morgan fingerprint density at radius 3 is 1.78 bits per heavy atom. The van der Waals surface area contributed by atoms with Crippen molar-refractivity contribution in [2.45, 2.75) is 0 Å². The van der Waals surface area contributed by atoms with Crippen LogP contribution in [-0.4, -0.2) is 0 Å². The Balaban J connectivity index is 1.52. The fraction of sp³-hybridized carbons (Fsp3) is 0. The van der Waals surface area contributed by atoms with E-state index in [9.17, 15) is 6.85 Å². The predicted molar refractivity (Wildman–Crippen MR) is 199 cm³/mol. The Kier molecular flexibility index (Phi) is 2.71. The van der Waals surface area contributed by atoms with E-state index in [1.807, 2.05) is 0 Å². The molecule has 0 unspecified atom stereocenters. The van der Waals surface area contributed by atoms with Crippen molar-refractivity contribution in [3.8, 4) is 33.4 Å². The molecule has 0 aliphatic rings. The topological polar surface area (TPSA) is 0 Å². The van der Waals surface area contributed by atoms with Gasteiger partial charge in [-0.15, -0.1) is 0 Å². The molecule has 0 fully saturated rings. The van der Waals surface area contributed by atoms with Gasteiger partial charge in [0.1, 0.15) is 0 Å². The van der Waals surface area contributed by atoms with Crippen LogP contribution in [-0.2, 0) is 0 Å². The molecule has 0 amide bonds. The molecule has 0 aliphatic heterocycles. The third kappa shape index (κ3) is 3.56. The minimum atomic E-state index is -0.778. The van der Waals surface area contributed by atoms with E-state index in [1.165, 1.54) is 6.07 Å². The molecular formula is C46H28. The first kappa shape index (κ1) is 12.8. The lowest BCUT2D eigenvalue weighted by atomic mass is 9.81. The van der Waals surface area contributed by atoms with Gasteiger partial charge in [-0.1, -0.05) is 169 Å². The van der Waals surface area contributed by atoms with Gasteiger partial charge in [0.2, 0.25) is 0 Å². The highest BCUT2D eigenvalue weighted by atomic mass is 14.2. The maximum atomic E-state index is 9.66. The van der Waals surface area contributed by atoms with Gasteiger partial charge >= 0.3 is 0 Å². The van der Waals surface area contributed by atoms with Crippen molar-refractivity contribution in [1.29, 1.82) is 0 Å². The van der Waals surface area contributed by atoms with Crippen molar-refractivity contribution in [3.05, 3.63) is 169 Å². The van der Waals surface area contributed by atoms with Gasteiger partial charge in [0.05, 0.1) is 27.4 Å². The second-order valence-electron chi connectivity index (χ2n) is 10.9. The minimum absolute atomic E-state index is 0.000996. The molecule has 0 heteroatoms. The molecule has 0 nitrogen and oxygen atoms in total. The lowest BCUT2D eigenvalue weighted by molar-refractivity contribution is 1.66. The van der Waals surface area contributed by atoms with E-state index in [4.69, 9.17) is 20.6 Å². The van der Waals surface area contributed by atoms with E-state index in [-0.39, 0.29) is 66.0 Å². The van der Waals surface area contributed by atoms with Crippen LogP contribution in [0.4, 0.5) is 0 Å². The summed E-state index contributed by atoms with van der Waals surface area (Å²) in [6.45, 7) is 0. The first-order valence-corrected chi connectivity index (χ1v) is 14.4. The first-order valence-electron chi connectivity index (χ1n) is 24.4. The molecule has 10 rings (SSSR count). The van der Waals surface area contributed by atoms with Gasteiger partial charge in [-0.05, 0) is 98.0 Å². The molecule has 0 spiro atoms. The maximum Gasteiger partial charge on any atom is 0.0630 e. The van der Waals surface area contributed by atoms with Gasteiger partial charge in [-0.25, -0.2) is 0 Å². The first-order chi connectivity index (χ1) is 31.1. The van der Waals surface area contributed by atoms with Crippen LogP contribution in [0.25, 0.3) is 98.0 Å². The molecule has 0 saturated heterocycles. The number of hydrogen-bond donors (Lipinski definition) is 0. The van der Waals surface area contributed by atoms with Gasteiger partial charge in [-0.2, -0.15) is 0 Å². The molecule has 212 valence electrons. The standard InChI is InChI=1S/C46H28/c1-3-11-29(12-4-1)34-24-20-32-22-26-39-40(27-23-33-21-25-38(34)43(32)44(33)39)46-37-18-10-9-17-36(37)42(31-14-5-2-6-15-31)41-28-19-30-13-7-8-16-35(30)45(41)46/h1-28H/i1D,2D,3D,4D,5D,6D,7D,8D,9D,10D,11D,12D,13D,14D,15D,16D,17D,19D,26D,28D. The maximum absolute atomic E-state index is 9.66. The van der Waals surface area contributed by atoms with Crippen molar-refractivity contribution >= 4 is 64.6 Å². The third-order valence-electron chi connectivity index (χ3n) is 8.62. The van der Waals surface area contributed by atoms with Crippen LogP contribution in [0.1, 0.15) is 27.4 Å². The zero-order valence-electron chi connectivity index (χ0n) is 43.6. The molecule has 0 bridgehead atoms. The highest BCUT2D eigenvalue weighted by molar-refractivity contribution is 6.33. The summed E-state index contributed by atoms with van der Waals surface area (Å²) in [5.74, 6) is 0. The SMILES string of the molecule is [2H]c1cc2c(-c3ccc4ccc5c(-c6c([2H])c([2H])c([2H])c([2H])c6[2H])ccc6cc([2H])c3c4c65)c3c(c([2H])c([2H])c4c([2H])c([2H])c([2H])c([2H])c43)c(-c3c([2H])c([2H])c([2H])c([2H])c3[2H])c2c([2H])c1[2H]. The summed E-state index contributed by atoms with van der Waals surface area (Å²) in [5, 5.41) is 1.26. The average molecular weight is 601 g/mol. The van der Waals surface area contributed by atoms with E-state index in [1.54, 1.807) is 42.5 Å². The number of hydrogen-bond acceptors (Lipinski definition) is 0. The number of benzene rings is 10. The monoisotopic (exact) mass is 600 g/mol. The number of fused-ring (bicyclic) bond motifs is 4. The molecular weight excluding hydrogens is 553 g/mol. The van der Waals surface area contributed by atoms with E-state index < -0.39 is 120 Å². The molecule has 46 heavy (non-hydrogen) atoms. The van der Waals surface area contributed by atoms with Crippen LogP contribution in [0, 0.1) is 0 Å². The van der Waals surface area contributed by atoms with Crippen LogP contribution in [0.2, 0.25) is 0 Å². The lowest BCUT2D eigenvalue weighted by Gasteiger charge is -2.21. The summed E-state index contributed by atoms with van der Waals surface area (Å²) < 4.78 is 178. The fourth-order valence-electron chi connectivity index (χ4n) is 6.77. The summed E-state index contributed by atoms with van der Waals surface area (Å²) >= 11 is 0. The van der Waals surface area contributed by atoms with Gasteiger partial charge < -0.3 is 0 Å². The van der Waals surface area contributed by atoms with Crippen molar-refractivity contribution in [3.63, 3.8) is 0 Å². The molecule has 10 aromatic carbocycles. The number of rotatable bonds is 3. The van der Waals surface area contributed by atoms with Crippen molar-refractivity contribution in [2.24, 2.45) is 0 Å². The summed E-state index contributed by atoms with van der Waals surface area (Å²) in [6.07, 6.45) is 0. The van der Waals surface area contributed by atoms with E-state index in [0.717, 1.165) is 0 Å². The largest absolute Gasteiger partial charge is 0.0630 e. The molecule has 0 N–H and O–H groups in total. The normalized spacial score (nSPS) is 18.0. The third-order valence-corrected chi connectivity index (χ3v) is 8.62. The van der Waals surface area contributed by atoms with Crippen LogP contribution in [0.3, 0.4) is 0 Å². The van der Waals surface area contributed by atoms with E-state index in [2.05, 4.69) is 0 Å². The Labute approximate surface area is 295 Å². The van der Waals surface area contributed by atoms with Crippen molar-refractivity contribution < 1.29 is 27.4 Å². The predicted octanol–water partition coefficient (Wildman–Crippen LogP) is 13.0. The lowest BCUT2D eigenvalue weighted by Crippen LogP contribution is -1.94. The Hall–Kier alpha value is -5.98. The van der Waals surface area contributed by atoms with E-state index in [0.29, 0.717) is 32.5 Å². The van der Waals surface area contributed by atoms with Crippen LogP contribution >= 0.6 is 0 Å². The van der Waals surface area contributed by atoms with Crippen molar-refractivity contribution in [2.75, 3.05) is 0 Å². The summed E-state index contributed by atoms with van der Waals surface area (Å²) in [5.41, 5.74) is -0.470. The Morgan fingerprint density at radius 2 is 0.935 bits per heavy atom. The Morgan fingerprint density at radius 1 is 0.283 bits per heavy atom. The van der Waals surface area contributed by atoms with Crippen LogP contribution < -0.4 is 0 Å². The van der Waals surface area contributed by atoms with Crippen LogP contribution in [0.5, 0.6) is 0 Å². The summed E-state index contributed by atoms with van der Waals surface area (Å²) in [6, 6.07) is 0.553. The second-order valence-corrected chi connectivity index (χ2v) is 10.9. The molecule has 0 radical (unpaired) electrons. The zero-order valence-corrected chi connectivity index (χ0v) is 23.6. The quantitative estimate of drug-likeness (QED) is 0.140. The molecule has 0 aliphatic carbocycles. The van der Waals surface area contributed by atoms with Crippen molar-refractivity contribution in [1.82, 2.24) is 0 Å². The molecule has 0 heterocycles. The highest BCUT2D eigenvalue weighted by Crippen LogP contribution is 2.49. The highest BCUT2D eigenvalue weighted by Gasteiger charge is 2.21. The second kappa shape index (κ2) is 9.76. The molecule has 0 aromatic heterocycles. The van der Waals surface area contributed by atoms with Crippen LogP contribution in [0.15, 0.2) is 169 Å². The zero-order chi connectivity index (χ0) is 47.6. The van der Waals surface area contributed by atoms with Gasteiger partial charge in [0.25, 0.3) is 0 Å². The Bertz CT molecular complexity index is 3870. The van der Waals surface area contributed by atoms with Gasteiger partial charge in [0, 0.05) is 0 Å². The van der Waals surface area contributed by atoms with Gasteiger partial charge in [-0.3, -0.25) is 0 Å². The summed E-state index contributed by atoms with van der Waals surface area (Å²) in [7, 11) is 0. The fourth-order valence-corrected chi connectivity index (χ4v) is 6.77. The van der Waals surface area contributed by atoms with E-state index >= 15 is 0 Å². The molecule has 0 saturated carbocycles. The summed E-state index contributed by atoms with van der Waals surface area (Å²) in [4.78, 5) is 0. The molecule has 0 atom stereocenters. The minimum Gasteiger partial charge on any atom is -0.0622 e. The molecule has 10 aromatic rings.